The van der Waals surface area contributed by atoms with E-state index >= 15 is 0 Å². The van der Waals surface area contributed by atoms with Crippen LogP contribution in [0.4, 0.5) is 0 Å². The molecule has 94 valence electrons. The summed E-state index contributed by atoms with van der Waals surface area (Å²) in [5.41, 5.74) is 3.87. The predicted octanol–water partition coefficient (Wildman–Crippen LogP) is 1.89. The van der Waals surface area contributed by atoms with Crippen molar-refractivity contribution in [2.24, 2.45) is 11.8 Å². The molecule has 2 atom stereocenters. The largest absolute Gasteiger partial charge is 0.496 e. The lowest BCUT2D eigenvalue weighted by Crippen LogP contribution is -2.34. The average molecular weight is 257 g/mol. The Morgan fingerprint density at radius 3 is 3.00 bits per heavy atom. The second kappa shape index (κ2) is 5.69. The Morgan fingerprint density at radius 1 is 1.59 bits per heavy atom. The first-order valence-electron chi connectivity index (χ1n) is 5.63. The molecule has 1 heterocycles. The highest BCUT2D eigenvalue weighted by atomic mass is 35.5. The maximum absolute atomic E-state index is 5.95. The van der Waals surface area contributed by atoms with Crippen LogP contribution in [0.5, 0.6) is 5.75 Å². The molecule has 2 rings (SSSR count). The number of methoxy groups -OCH3 is 1. The van der Waals surface area contributed by atoms with Crippen molar-refractivity contribution in [3.8, 4) is 5.75 Å². The Balaban J connectivity index is 2.29. The van der Waals surface area contributed by atoms with E-state index in [-0.39, 0.29) is 6.04 Å². The summed E-state index contributed by atoms with van der Waals surface area (Å²) in [4.78, 5) is 0. The minimum Gasteiger partial charge on any atom is -0.496 e. The molecule has 1 aromatic carbocycles. The van der Waals surface area contributed by atoms with Gasteiger partial charge in [-0.15, -0.1) is 0 Å². The molecule has 0 aromatic heterocycles. The Morgan fingerprint density at radius 2 is 2.41 bits per heavy atom. The van der Waals surface area contributed by atoms with Crippen molar-refractivity contribution in [1.29, 1.82) is 0 Å². The standard InChI is InChI=1S/C12H17ClN2O2/c1-16-11-6-9(13)2-3-10(11)12(15-14)8-4-5-17-7-8/h2-3,6,8,12,15H,4-5,7,14H2,1H3. The molecule has 1 saturated heterocycles. The van der Waals surface area contributed by atoms with Gasteiger partial charge in [0, 0.05) is 23.1 Å². The number of ether oxygens (including phenoxy) is 2. The van der Waals surface area contributed by atoms with Crippen molar-refractivity contribution in [1.82, 2.24) is 5.43 Å². The number of halogens is 1. The smallest absolute Gasteiger partial charge is 0.125 e. The summed E-state index contributed by atoms with van der Waals surface area (Å²) in [6.45, 7) is 1.51. The maximum Gasteiger partial charge on any atom is 0.125 e. The zero-order chi connectivity index (χ0) is 12.3. The van der Waals surface area contributed by atoms with Crippen molar-refractivity contribution in [3.05, 3.63) is 28.8 Å². The summed E-state index contributed by atoms with van der Waals surface area (Å²) in [5.74, 6) is 6.78. The van der Waals surface area contributed by atoms with Gasteiger partial charge in [0.25, 0.3) is 0 Å². The second-order valence-electron chi connectivity index (χ2n) is 4.15. The van der Waals surface area contributed by atoms with Gasteiger partial charge >= 0.3 is 0 Å². The number of hydrogen-bond donors (Lipinski definition) is 2. The fourth-order valence-electron chi connectivity index (χ4n) is 2.24. The van der Waals surface area contributed by atoms with E-state index in [0.29, 0.717) is 10.9 Å². The number of nitrogens with two attached hydrogens (primary N) is 1. The topological polar surface area (TPSA) is 56.5 Å². The number of rotatable bonds is 4. The zero-order valence-corrected chi connectivity index (χ0v) is 10.5. The fourth-order valence-corrected chi connectivity index (χ4v) is 2.40. The number of nitrogens with one attached hydrogen (secondary N) is 1. The molecule has 0 radical (unpaired) electrons. The van der Waals surface area contributed by atoms with Gasteiger partial charge in [-0.25, -0.2) is 0 Å². The highest BCUT2D eigenvalue weighted by molar-refractivity contribution is 6.30. The van der Waals surface area contributed by atoms with Crippen LogP contribution in [-0.4, -0.2) is 20.3 Å². The Kier molecular flexibility index (Phi) is 4.23. The third kappa shape index (κ3) is 2.72. The van der Waals surface area contributed by atoms with Gasteiger partial charge in [0.1, 0.15) is 5.75 Å². The lowest BCUT2D eigenvalue weighted by molar-refractivity contribution is 0.176. The molecule has 3 N–H and O–H groups in total. The van der Waals surface area contributed by atoms with Crippen molar-refractivity contribution in [2.75, 3.05) is 20.3 Å². The van der Waals surface area contributed by atoms with Gasteiger partial charge in [0.2, 0.25) is 0 Å². The monoisotopic (exact) mass is 256 g/mol. The maximum atomic E-state index is 5.95. The number of hydrogen-bond acceptors (Lipinski definition) is 4. The van der Waals surface area contributed by atoms with Crippen molar-refractivity contribution in [3.63, 3.8) is 0 Å². The van der Waals surface area contributed by atoms with Gasteiger partial charge in [-0.2, -0.15) is 0 Å². The van der Waals surface area contributed by atoms with Gasteiger partial charge < -0.3 is 9.47 Å². The average Bonchev–Trinajstić information content (AvgIpc) is 2.85. The van der Waals surface area contributed by atoms with E-state index in [1.807, 2.05) is 12.1 Å². The molecule has 2 unspecified atom stereocenters. The normalized spacial score (nSPS) is 21.5. The van der Waals surface area contributed by atoms with Crippen molar-refractivity contribution < 1.29 is 9.47 Å². The third-order valence-corrected chi connectivity index (χ3v) is 3.38. The molecule has 0 amide bonds. The molecule has 1 aliphatic heterocycles. The highest BCUT2D eigenvalue weighted by Gasteiger charge is 2.28. The first-order chi connectivity index (χ1) is 8.26. The van der Waals surface area contributed by atoms with E-state index < -0.39 is 0 Å². The highest BCUT2D eigenvalue weighted by Crippen LogP contribution is 2.34. The summed E-state index contributed by atoms with van der Waals surface area (Å²) >= 11 is 5.95. The Bertz CT molecular complexity index is 381. The van der Waals surface area contributed by atoms with E-state index in [1.54, 1.807) is 13.2 Å². The number of hydrazine groups is 1. The molecule has 4 nitrogen and oxygen atoms in total. The molecule has 1 aromatic rings. The molecule has 0 spiro atoms. The molecule has 1 fully saturated rings. The van der Waals surface area contributed by atoms with E-state index in [1.165, 1.54) is 0 Å². The summed E-state index contributed by atoms with van der Waals surface area (Å²) in [6, 6.07) is 5.63. The second-order valence-corrected chi connectivity index (χ2v) is 4.59. The van der Waals surface area contributed by atoms with Crippen LogP contribution in [0, 0.1) is 5.92 Å². The van der Waals surface area contributed by atoms with Crippen LogP contribution >= 0.6 is 11.6 Å². The van der Waals surface area contributed by atoms with Crippen LogP contribution in [0.15, 0.2) is 18.2 Å². The van der Waals surface area contributed by atoms with Crippen molar-refractivity contribution >= 4 is 11.6 Å². The van der Waals surface area contributed by atoms with E-state index in [2.05, 4.69) is 5.43 Å². The molecule has 0 saturated carbocycles. The van der Waals surface area contributed by atoms with Gasteiger partial charge in [0.15, 0.2) is 0 Å². The first kappa shape index (κ1) is 12.6. The molecular weight excluding hydrogens is 240 g/mol. The van der Waals surface area contributed by atoms with E-state index in [9.17, 15) is 0 Å². The van der Waals surface area contributed by atoms with Crippen LogP contribution in [0.3, 0.4) is 0 Å². The summed E-state index contributed by atoms with van der Waals surface area (Å²) in [6.07, 6.45) is 1.00. The van der Waals surface area contributed by atoms with Gasteiger partial charge in [-0.3, -0.25) is 11.3 Å². The van der Waals surface area contributed by atoms with Crippen molar-refractivity contribution in [2.45, 2.75) is 12.5 Å². The minimum absolute atomic E-state index is 0.0321. The molecule has 17 heavy (non-hydrogen) atoms. The summed E-state index contributed by atoms with van der Waals surface area (Å²) in [7, 11) is 1.63. The summed E-state index contributed by atoms with van der Waals surface area (Å²) in [5, 5.41) is 0.657. The Labute approximate surface area is 106 Å². The van der Waals surface area contributed by atoms with Crippen LogP contribution in [0.2, 0.25) is 5.02 Å². The molecule has 0 bridgehead atoms. The fraction of sp³-hybridized carbons (Fsp3) is 0.500. The van der Waals surface area contributed by atoms with Crippen LogP contribution in [-0.2, 0) is 4.74 Å². The van der Waals surface area contributed by atoms with Gasteiger partial charge in [-0.1, -0.05) is 17.7 Å². The molecule has 5 heteroatoms. The minimum atomic E-state index is 0.0321. The zero-order valence-electron chi connectivity index (χ0n) is 9.78. The number of benzene rings is 1. The third-order valence-electron chi connectivity index (χ3n) is 3.15. The van der Waals surface area contributed by atoms with Gasteiger partial charge in [-0.05, 0) is 18.6 Å². The van der Waals surface area contributed by atoms with E-state index in [0.717, 1.165) is 30.9 Å². The summed E-state index contributed by atoms with van der Waals surface area (Å²) < 4.78 is 10.7. The first-order valence-corrected chi connectivity index (χ1v) is 6.01. The predicted molar refractivity (Wildman–Crippen MR) is 67.0 cm³/mol. The van der Waals surface area contributed by atoms with Crippen LogP contribution in [0.25, 0.3) is 0 Å². The molecule has 0 aliphatic carbocycles. The molecule has 1 aliphatic rings. The van der Waals surface area contributed by atoms with Gasteiger partial charge in [0.05, 0.1) is 19.8 Å². The van der Waals surface area contributed by atoms with Crippen LogP contribution < -0.4 is 16.0 Å². The van der Waals surface area contributed by atoms with E-state index in [4.69, 9.17) is 26.9 Å². The lowest BCUT2D eigenvalue weighted by Gasteiger charge is -2.23. The van der Waals surface area contributed by atoms with Crippen LogP contribution in [0.1, 0.15) is 18.0 Å². The molecular formula is C12H17ClN2O2. The SMILES string of the molecule is COc1cc(Cl)ccc1C(NN)C1CCOC1. The Hall–Kier alpha value is -0.810. The lowest BCUT2D eigenvalue weighted by atomic mass is 9.92. The quantitative estimate of drug-likeness (QED) is 0.638.